The number of nitrogens with zero attached hydrogens (tertiary/aromatic N) is 1. The molecule has 1 aliphatic rings. The first-order valence-electron chi connectivity index (χ1n) is 3.95. The maximum Gasteiger partial charge on any atom is 0.0297 e. The smallest absolute Gasteiger partial charge is 0.0297 e. The van der Waals surface area contributed by atoms with Crippen LogP contribution in [0.25, 0.3) is 0 Å². The molecule has 0 atom stereocenters. The van der Waals surface area contributed by atoms with Gasteiger partial charge in [-0.15, -0.1) is 0 Å². The second kappa shape index (κ2) is 2.51. The van der Waals surface area contributed by atoms with Gasteiger partial charge in [0.15, 0.2) is 0 Å². The van der Waals surface area contributed by atoms with Gasteiger partial charge in [-0.2, -0.15) is 0 Å². The van der Waals surface area contributed by atoms with Crippen LogP contribution in [-0.4, -0.2) is 30.6 Å². The summed E-state index contributed by atoms with van der Waals surface area (Å²) >= 11 is 0. The molecule has 0 aromatic heterocycles. The van der Waals surface area contributed by atoms with Gasteiger partial charge in [-0.3, -0.25) is 4.90 Å². The van der Waals surface area contributed by atoms with E-state index in [-0.39, 0.29) is 0 Å². The SMILES string of the molecule is CC(C)(C)CN1CC(N)C1. The molecule has 2 N–H and O–H groups in total. The van der Waals surface area contributed by atoms with Gasteiger partial charge in [0.25, 0.3) is 0 Å². The van der Waals surface area contributed by atoms with E-state index < -0.39 is 0 Å². The monoisotopic (exact) mass is 142 g/mol. The van der Waals surface area contributed by atoms with Crippen molar-refractivity contribution in [2.24, 2.45) is 11.1 Å². The van der Waals surface area contributed by atoms with E-state index in [2.05, 4.69) is 25.7 Å². The summed E-state index contributed by atoms with van der Waals surface area (Å²) in [6.07, 6.45) is 0. The Hall–Kier alpha value is -0.0800. The van der Waals surface area contributed by atoms with Crippen LogP contribution in [0.2, 0.25) is 0 Å². The van der Waals surface area contributed by atoms with Gasteiger partial charge in [-0.05, 0) is 5.41 Å². The van der Waals surface area contributed by atoms with E-state index in [9.17, 15) is 0 Å². The molecule has 1 fully saturated rings. The van der Waals surface area contributed by atoms with Gasteiger partial charge in [0.2, 0.25) is 0 Å². The van der Waals surface area contributed by atoms with Crippen molar-refractivity contribution in [2.45, 2.75) is 26.8 Å². The van der Waals surface area contributed by atoms with Crippen LogP contribution in [0.5, 0.6) is 0 Å². The van der Waals surface area contributed by atoms with E-state index >= 15 is 0 Å². The first-order valence-corrected chi connectivity index (χ1v) is 3.95. The number of hydrogen-bond donors (Lipinski definition) is 1. The molecule has 2 heteroatoms. The Bertz CT molecular complexity index is 109. The number of nitrogens with two attached hydrogens (primary N) is 1. The fraction of sp³-hybridized carbons (Fsp3) is 1.00. The van der Waals surface area contributed by atoms with Crippen molar-refractivity contribution < 1.29 is 0 Å². The van der Waals surface area contributed by atoms with Crippen molar-refractivity contribution in [1.82, 2.24) is 4.90 Å². The first-order chi connectivity index (χ1) is 4.47. The lowest BCUT2D eigenvalue weighted by Crippen LogP contribution is -2.57. The lowest BCUT2D eigenvalue weighted by Gasteiger charge is -2.40. The molecular formula is C8H18N2. The molecule has 1 aliphatic heterocycles. The van der Waals surface area contributed by atoms with Gasteiger partial charge in [0, 0.05) is 25.7 Å². The minimum Gasteiger partial charge on any atom is -0.325 e. The van der Waals surface area contributed by atoms with Gasteiger partial charge < -0.3 is 5.73 Å². The molecule has 0 aliphatic carbocycles. The highest BCUT2D eigenvalue weighted by Crippen LogP contribution is 2.18. The summed E-state index contributed by atoms with van der Waals surface area (Å²) in [5, 5.41) is 0. The molecule has 1 saturated heterocycles. The third-order valence-corrected chi connectivity index (χ3v) is 1.68. The van der Waals surface area contributed by atoms with Crippen LogP contribution >= 0.6 is 0 Å². The highest BCUT2D eigenvalue weighted by Gasteiger charge is 2.26. The summed E-state index contributed by atoms with van der Waals surface area (Å²) in [6.45, 7) is 10.2. The third kappa shape index (κ3) is 2.27. The van der Waals surface area contributed by atoms with Crippen molar-refractivity contribution in [3.05, 3.63) is 0 Å². The van der Waals surface area contributed by atoms with Crippen LogP contribution in [0.15, 0.2) is 0 Å². The molecule has 0 unspecified atom stereocenters. The number of likely N-dealkylation sites (tertiary alicyclic amines) is 1. The lowest BCUT2D eigenvalue weighted by atomic mass is 9.94. The average molecular weight is 142 g/mol. The average Bonchev–Trinajstić information content (AvgIpc) is 1.57. The Morgan fingerprint density at radius 1 is 1.40 bits per heavy atom. The minimum atomic E-state index is 0.431. The van der Waals surface area contributed by atoms with E-state index in [1.54, 1.807) is 0 Å². The van der Waals surface area contributed by atoms with Crippen LogP contribution in [-0.2, 0) is 0 Å². The Kier molecular flexibility index (Phi) is 2.02. The zero-order valence-corrected chi connectivity index (χ0v) is 7.22. The van der Waals surface area contributed by atoms with Crippen LogP contribution in [0.3, 0.4) is 0 Å². The molecule has 0 radical (unpaired) electrons. The van der Waals surface area contributed by atoms with Crippen LogP contribution in [0.1, 0.15) is 20.8 Å². The van der Waals surface area contributed by atoms with Crippen LogP contribution in [0, 0.1) is 5.41 Å². The van der Waals surface area contributed by atoms with Crippen molar-refractivity contribution in [3.8, 4) is 0 Å². The van der Waals surface area contributed by atoms with E-state index in [0.717, 1.165) is 13.1 Å². The van der Waals surface area contributed by atoms with Gasteiger partial charge >= 0.3 is 0 Å². The van der Waals surface area contributed by atoms with Crippen molar-refractivity contribution in [2.75, 3.05) is 19.6 Å². The molecular weight excluding hydrogens is 124 g/mol. The van der Waals surface area contributed by atoms with Crippen molar-refractivity contribution in [3.63, 3.8) is 0 Å². The Labute approximate surface area is 63.4 Å². The number of rotatable bonds is 1. The summed E-state index contributed by atoms with van der Waals surface area (Å²) in [4.78, 5) is 2.41. The van der Waals surface area contributed by atoms with E-state index in [1.165, 1.54) is 6.54 Å². The second-order valence-corrected chi connectivity index (χ2v) is 4.51. The Morgan fingerprint density at radius 3 is 2.20 bits per heavy atom. The van der Waals surface area contributed by atoms with E-state index in [0.29, 0.717) is 11.5 Å². The molecule has 0 aromatic carbocycles. The predicted molar refractivity (Wildman–Crippen MR) is 43.9 cm³/mol. The molecule has 0 spiro atoms. The van der Waals surface area contributed by atoms with Gasteiger partial charge in [0.1, 0.15) is 0 Å². The molecule has 0 amide bonds. The minimum absolute atomic E-state index is 0.431. The Balaban J connectivity index is 2.16. The predicted octanol–water partition coefficient (Wildman–Crippen LogP) is 0.675. The molecule has 1 rings (SSSR count). The first kappa shape index (κ1) is 8.02. The fourth-order valence-electron chi connectivity index (χ4n) is 1.41. The fourth-order valence-corrected chi connectivity index (χ4v) is 1.41. The summed E-state index contributed by atoms with van der Waals surface area (Å²) in [5.74, 6) is 0. The molecule has 10 heavy (non-hydrogen) atoms. The van der Waals surface area contributed by atoms with Crippen LogP contribution < -0.4 is 5.73 Å². The maximum atomic E-state index is 5.65. The lowest BCUT2D eigenvalue weighted by molar-refractivity contribution is 0.103. The second-order valence-electron chi connectivity index (χ2n) is 4.51. The normalized spacial score (nSPS) is 22.8. The maximum absolute atomic E-state index is 5.65. The van der Waals surface area contributed by atoms with Crippen LogP contribution in [0.4, 0.5) is 0 Å². The zero-order chi connectivity index (χ0) is 7.78. The summed E-state index contributed by atoms with van der Waals surface area (Å²) in [6, 6.07) is 0.447. The summed E-state index contributed by atoms with van der Waals surface area (Å²) in [7, 11) is 0. The quantitative estimate of drug-likeness (QED) is 0.583. The largest absolute Gasteiger partial charge is 0.325 e. The molecule has 0 saturated carbocycles. The zero-order valence-electron chi connectivity index (χ0n) is 7.22. The Morgan fingerprint density at radius 2 is 1.90 bits per heavy atom. The summed E-state index contributed by atoms with van der Waals surface area (Å²) < 4.78 is 0. The van der Waals surface area contributed by atoms with Crippen molar-refractivity contribution in [1.29, 1.82) is 0 Å². The number of hydrogen-bond acceptors (Lipinski definition) is 2. The summed E-state index contributed by atoms with van der Waals surface area (Å²) in [5.41, 5.74) is 6.08. The molecule has 60 valence electrons. The molecule has 1 heterocycles. The van der Waals surface area contributed by atoms with E-state index in [4.69, 9.17) is 5.73 Å². The van der Waals surface area contributed by atoms with Crippen molar-refractivity contribution >= 4 is 0 Å². The topological polar surface area (TPSA) is 29.3 Å². The molecule has 0 bridgehead atoms. The standard InChI is InChI=1S/C8H18N2/c1-8(2,3)6-10-4-7(9)5-10/h7H,4-6,9H2,1-3H3. The molecule has 2 nitrogen and oxygen atoms in total. The van der Waals surface area contributed by atoms with Gasteiger partial charge in [-0.25, -0.2) is 0 Å². The van der Waals surface area contributed by atoms with Gasteiger partial charge in [0.05, 0.1) is 0 Å². The molecule has 0 aromatic rings. The van der Waals surface area contributed by atoms with E-state index in [1.807, 2.05) is 0 Å². The van der Waals surface area contributed by atoms with Gasteiger partial charge in [-0.1, -0.05) is 20.8 Å². The highest BCUT2D eigenvalue weighted by molar-refractivity contribution is 4.84. The third-order valence-electron chi connectivity index (χ3n) is 1.68. The highest BCUT2D eigenvalue weighted by atomic mass is 15.2.